The van der Waals surface area contributed by atoms with Gasteiger partial charge >= 0.3 is 71.1 Å². The molecule has 0 fully saturated rings. The number of hydrogen-bond acceptors (Lipinski definition) is 9. The fourth-order valence-electron chi connectivity index (χ4n) is 1.46. The van der Waals surface area contributed by atoms with Crippen LogP contribution in [0.25, 0.3) is 0 Å². The number of carboxylic acid groups (broad SMARTS) is 4. The number of hydrogen-bond donors (Lipinski definition) is 3. The van der Waals surface area contributed by atoms with E-state index >= 15 is 0 Å². The summed E-state index contributed by atoms with van der Waals surface area (Å²) in [7, 11) is 0. The molecule has 11 N–H and O–H groups in total. The van der Waals surface area contributed by atoms with E-state index in [4.69, 9.17) is 10.2 Å². The van der Waals surface area contributed by atoms with Crippen LogP contribution in [0.15, 0.2) is 0 Å². The Labute approximate surface area is 193 Å². The van der Waals surface area contributed by atoms with Gasteiger partial charge in [0.15, 0.2) is 0 Å². The van der Waals surface area contributed by atoms with Crippen LogP contribution in [0.5, 0.6) is 0 Å². The first kappa shape index (κ1) is 44.8. The van der Waals surface area contributed by atoms with Gasteiger partial charge in [0.25, 0.3) is 0 Å². The maximum absolute atomic E-state index is 10.5. The van der Waals surface area contributed by atoms with E-state index in [-0.39, 0.29) is 94.8 Å². The smallest absolute Gasteiger partial charge is 0.549 e. The van der Waals surface area contributed by atoms with Gasteiger partial charge in [-0.1, -0.05) is 0 Å². The third kappa shape index (κ3) is 28.4. The van der Waals surface area contributed by atoms with Crippen LogP contribution >= 0.6 is 0 Å². The van der Waals surface area contributed by atoms with Crippen LogP contribution in [0.3, 0.4) is 0 Å². The Balaban J connectivity index is -0.000000120. The van der Waals surface area contributed by atoms with Crippen molar-refractivity contribution < 1.29 is 115 Å². The molecule has 0 saturated carbocycles. The topological polar surface area (TPSA) is 291 Å². The molecule has 14 nitrogen and oxygen atoms in total. The van der Waals surface area contributed by atoms with E-state index in [1.165, 1.54) is 0 Å². The summed E-state index contributed by atoms with van der Waals surface area (Å²) in [4.78, 5) is 43.9. The Bertz CT molecular complexity index is 332. The first-order valence-corrected chi connectivity index (χ1v) is 5.48. The molecule has 0 saturated heterocycles. The Kier molecular flexibility index (Phi) is 42.5. The molecule has 0 aliphatic carbocycles. The van der Waals surface area contributed by atoms with E-state index in [0.29, 0.717) is 0 Å². The molecule has 0 atom stereocenters. The normalized spacial score (nSPS) is 8.23. The van der Waals surface area contributed by atoms with E-state index in [0.717, 1.165) is 9.80 Å². The quantitative estimate of drug-likeness (QED) is 0.270. The zero-order chi connectivity index (χ0) is 15.7. The molecule has 0 aromatic carbocycles. The SMILES string of the molecule is N.O.O.O.O=C([O-])CN(CCN(CC(=O)O)CC(=O)O)CC(=O)[O-].[Na+].[Na+]. The number of rotatable bonds is 11. The third-order valence-electron chi connectivity index (χ3n) is 2.16. The van der Waals surface area contributed by atoms with Crippen LogP contribution in [-0.4, -0.2) is 99.6 Å². The second kappa shape index (κ2) is 24.6. The Morgan fingerprint density at radius 3 is 1.08 bits per heavy atom. The first-order valence-electron chi connectivity index (χ1n) is 5.48. The van der Waals surface area contributed by atoms with Crippen LogP contribution in [0.4, 0.5) is 0 Å². The van der Waals surface area contributed by atoms with Gasteiger partial charge in [-0.2, -0.15) is 0 Å². The zero-order valence-corrected chi connectivity index (χ0v) is 18.7. The number of carbonyl (C=O) groups excluding carboxylic acids is 2. The monoisotopic (exact) mass is 407 g/mol. The van der Waals surface area contributed by atoms with Gasteiger partial charge in [0, 0.05) is 26.2 Å². The van der Waals surface area contributed by atoms with Crippen molar-refractivity contribution in [1.82, 2.24) is 16.0 Å². The van der Waals surface area contributed by atoms with Gasteiger partial charge in [0.05, 0.1) is 25.0 Å². The summed E-state index contributed by atoms with van der Waals surface area (Å²) < 4.78 is 0. The molecule has 0 radical (unpaired) electrons. The molecular weight excluding hydrogens is 384 g/mol. The molecule has 0 aliphatic rings. The third-order valence-corrected chi connectivity index (χ3v) is 2.16. The summed E-state index contributed by atoms with van der Waals surface area (Å²) in [5, 5.41) is 38.0. The maximum Gasteiger partial charge on any atom is 1.00 e. The Hall–Kier alpha value is -0.360. The summed E-state index contributed by atoms with van der Waals surface area (Å²) in [5.74, 6) is -5.52. The standard InChI is InChI=1S/C10H16N2O8.H3N.2Na.3H2O/c13-7(14)3-11(4-8(15)16)1-2-12(5-9(17)18)6-10(19)20;;;;;;/h1-6H2,(H,13,14)(H,15,16)(H,17,18)(H,19,20);1H3;;;3*1H2/q;;2*+1;;;/p-2. The summed E-state index contributed by atoms with van der Waals surface area (Å²) in [5.41, 5.74) is 0. The average molecular weight is 407 g/mol. The van der Waals surface area contributed by atoms with Gasteiger partial charge in [-0.25, -0.2) is 0 Å². The minimum atomic E-state index is -1.51. The van der Waals surface area contributed by atoms with Crippen LogP contribution < -0.4 is 75.5 Å². The molecule has 0 spiro atoms. The molecule has 0 aromatic heterocycles. The van der Waals surface area contributed by atoms with E-state index in [1.807, 2.05) is 0 Å². The fraction of sp³-hybridized carbons (Fsp3) is 0.600. The van der Waals surface area contributed by atoms with Crippen molar-refractivity contribution in [2.45, 2.75) is 0 Å². The van der Waals surface area contributed by atoms with Gasteiger partial charge in [-0.3, -0.25) is 19.4 Å². The maximum atomic E-state index is 10.5. The number of aliphatic carboxylic acids is 4. The van der Waals surface area contributed by atoms with Crippen molar-refractivity contribution >= 4 is 23.9 Å². The molecule has 0 amide bonds. The Morgan fingerprint density at radius 1 is 0.654 bits per heavy atom. The molecule has 0 bridgehead atoms. The van der Waals surface area contributed by atoms with Gasteiger partial charge in [0.2, 0.25) is 0 Å². The minimum absolute atomic E-state index is 0. The number of carbonyl (C=O) groups is 4. The number of carboxylic acids is 4. The van der Waals surface area contributed by atoms with Crippen molar-refractivity contribution in [2.24, 2.45) is 0 Å². The Morgan fingerprint density at radius 2 is 0.885 bits per heavy atom. The van der Waals surface area contributed by atoms with Gasteiger partial charge in [-0.05, 0) is 0 Å². The van der Waals surface area contributed by atoms with E-state index in [2.05, 4.69) is 0 Å². The van der Waals surface area contributed by atoms with E-state index < -0.39 is 50.1 Å². The molecule has 0 aromatic rings. The molecule has 16 heteroatoms. The van der Waals surface area contributed by atoms with Crippen molar-refractivity contribution in [2.75, 3.05) is 39.3 Å². The summed E-state index contributed by atoms with van der Waals surface area (Å²) in [6, 6.07) is 0. The van der Waals surface area contributed by atoms with Crippen LogP contribution in [0.1, 0.15) is 0 Å². The molecule has 26 heavy (non-hydrogen) atoms. The second-order valence-electron chi connectivity index (χ2n) is 3.95. The first-order chi connectivity index (χ1) is 9.20. The predicted molar refractivity (Wildman–Crippen MR) is 74.0 cm³/mol. The average Bonchev–Trinajstić information content (AvgIpc) is 2.22. The summed E-state index contributed by atoms with van der Waals surface area (Å²) in [6.45, 7) is -2.75. The van der Waals surface area contributed by atoms with E-state index in [9.17, 15) is 29.4 Å². The van der Waals surface area contributed by atoms with E-state index in [1.54, 1.807) is 0 Å². The molecule has 146 valence electrons. The van der Waals surface area contributed by atoms with Crippen LogP contribution in [0, 0.1) is 0 Å². The molecule has 0 heterocycles. The molecule has 0 rings (SSSR count). The molecule has 0 unspecified atom stereocenters. The van der Waals surface area contributed by atoms with Gasteiger partial charge < -0.3 is 52.6 Å². The predicted octanol–water partition coefficient (Wildman–Crippen LogP) is -13.0. The fourth-order valence-corrected chi connectivity index (χ4v) is 1.46. The number of nitrogens with zero attached hydrogens (tertiary/aromatic N) is 2. The van der Waals surface area contributed by atoms with Crippen molar-refractivity contribution in [3.8, 4) is 0 Å². The van der Waals surface area contributed by atoms with Crippen molar-refractivity contribution in [1.29, 1.82) is 0 Å². The zero-order valence-electron chi connectivity index (χ0n) is 14.7. The van der Waals surface area contributed by atoms with Crippen LogP contribution in [0.2, 0.25) is 0 Å². The summed E-state index contributed by atoms with van der Waals surface area (Å²) >= 11 is 0. The van der Waals surface area contributed by atoms with Crippen molar-refractivity contribution in [3.63, 3.8) is 0 Å². The van der Waals surface area contributed by atoms with Gasteiger partial charge in [0.1, 0.15) is 0 Å². The van der Waals surface area contributed by atoms with Crippen molar-refractivity contribution in [3.05, 3.63) is 0 Å². The second-order valence-corrected chi connectivity index (χ2v) is 3.95. The van der Waals surface area contributed by atoms with Gasteiger partial charge in [-0.15, -0.1) is 0 Å². The minimum Gasteiger partial charge on any atom is -0.549 e. The molecule has 0 aliphatic heterocycles. The molecular formula is C10H23N3Na2O11. The summed E-state index contributed by atoms with van der Waals surface area (Å²) in [6.07, 6.45) is 0. The van der Waals surface area contributed by atoms with Crippen LogP contribution in [-0.2, 0) is 19.2 Å². The largest absolute Gasteiger partial charge is 1.00 e.